The molecule has 2 aromatic heterocycles. The van der Waals surface area contributed by atoms with Crippen LogP contribution in [-0.4, -0.2) is 34.7 Å². The predicted octanol–water partition coefficient (Wildman–Crippen LogP) is 0.725. The average molecular weight is 260 g/mol. The maximum absolute atomic E-state index is 12.2. The zero-order valence-corrected chi connectivity index (χ0v) is 10.8. The van der Waals surface area contributed by atoms with Crippen molar-refractivity contribution in [3.63, 3.8) is 0 Å². The highest BCUT2D eigenvalue weighted by Gasteiger charge is 2.19. The van der Waals surface area contributed by atoms with Gasteiger partial charge in [0.15, 0.2) is 5.65 Å². The van der Waals surface area contributed by atoms with Crippen LogP contribution in [0.3, 0.4) is 0 Å². The standard InChI is InChI=1S/C13H16N4O2/c1-19-11-8-15-10-2-3-12(18)17(13(10)16-11)9-4-6-14-7-5-9/h2-3,8-9,14H,4-7H2,1H3. The van der Waals surface area contributed by atoms with Gasteiger partial charge < -0.3 is 10.1 Å². The second-order valence-corrected chi connectivity index (χ2v) is 4.64. The minimum Gasteiger partial charge on any atom is -0.480 e. The molecule has 2 aromatic rings. The number of pyridine rings is 1. The Morgan fingerprint density at radius 2 is 2.16 bits per heavy atom. The molecular formula is C13H16N4O2. The van der Waals surface area contributed by atoms with E-state index in [1.54, 1.807) is 30.0 Å². The first-order valence-electron chi connectivity index (χ1n) is 6.42. The molecule has 3 rings (SSSR count). The first-order valence-corrected chi connectivity index (χ1v) is 6.42. The van der Waals surface area contributed by atoms with Crippen molar-refractivity contribution in [3.8, 4) is 5.88 Å². The van der Waals surface area contributed by atoms with Crippen LogP contribution in [0.2, 0.25) is 0 Å². The van der Waals surface area contributed by atoms with Crippen molar-refractivity contribution < 1.29 is 4.74 Å². The van der Waals surface area contributed by atoms with E-state index in [9.17, 15) is 4.79 Å². The predicted molar refractivity (Wildman–Crippen MR) is 71.5 cm³/mol. The van der Waals surface area contributed by atoms with Gasteiger partial charge in [-0.3, -0.25) is 9.36 Å². The minimum atomic E-state index is -0.0260. The van der Waals surface area contributed by atoms with Crippen LogP contribution in [0.15, 0.2) is 23.1 Å². The number of ether oxygens (including phenoxy) is 1. The van der Waals surface area contributed by atoms with Crippen LogP contribution in [0.1, 0.15) is 18.9 Å². The fraction of sp³-hybridized carbons (Fsp3) is 0.462. The summed E-state index contributed by atoms with van der Waals surface area (Å²) in [4.78, 5) is 20.8. The molecular weight excluding hydrogens is 244 g/mol. The Kier molecular flexibility index (Phi) is 3.16. The summed E-state index contributed by atoms with van der Waals surface area (Å²) in [5, 5.41) is 3.30. The highest BCUT2D eigenvalue weighted by atomic mass is 16.5. The van der Waals surface area contributed by atoms with Crippen LogP contribution in [0, 0.1) is 0 Å². The monoisotopic (exact) mass is 260 g/mol. The van der Waals surface area contributed by atoms with Crippen molar-refractivity contribution in [2.75, 3.05) is 20.2 Å². The average Bonchev–Trinajstić information content (AvgIpc) is 2.47. The molecule has 0 radical (unpaired) electrons. The van der Waals surface area contributed by atoms with E-state index in [1.165, 1.54) is 0 Å². The second kappa shape index (κ2) is 4.97. The fourth-order valence-electron chi connectivity index (χ4n) is 2.52. The summed E-state index contributed by atoms with van der Waals surface area (Å²) in [5.74, 6) is 0.431. The zero-order valence-electron chi connectivity index (χ0n) is 10.8. The molecule has 19 heavy (non-hydrogen) atoms. The third kappa shape index (κ3) is 2.19. The lowest BCUT2D eigenvalue weighted by molar-refractivity contribution is 0.364. The van der Waals surface area contributed by atoms with Gasteiger partial charge >= 0.3 is 0 Å². The summed E-state index contributed by atoms with van der Waals surface area (Å²) in [6, 6.07) is 3.45. The Bertz CT molecular complexity index is 647. The number of rotatable bonds is 2. The van der Waals surface area contributed by atoms with E-state index in [1.807, 2.05) is 0 Å². The molecule has 6 nitrogen and oxygen atoms in total. The summed E-state index contributed by atoms with van der Waals surface area (Å²) >= 11 is 0. The molecule has 0 saturated carbocycles. The van der Waals surface area contributed by atoms with Gasteiger partial charge in [0.2, 0.25) is 5.88 Å². The van der Waals surface area contributed by atoms with Gasteiger partial charge in [0.05, 0.1) is 13.3 Å². The molecule has 1 aliphatic rings. The number of nitrogens with one attached hydrogen (secondary N) is 1. The molecule has 0 aliphatic carbocycles. The maximum Gasteiger partial charge on any atom is 0.252 e. The van der Waals surface area contributed by atoms with Gasteiger partial charge in [-0.15, -0.1) is 0 Å². The molecule has 1 aliphatic heterocycles. The van der Waals surface area contributed by atoms with Crippen molar-refractivity contribution in [2.45, 2.75) is 18.9 Å². The number of aromatic nitrogens is 3. The first-order chi connectivity index (χ1) is 9.29. The van der Waals surface area contributed by atoms with E-state index in [0.717, 1.165) is 31.4 Å². The lowest BCUT2D eigenvalue weighted by Crippen LogP contribution is -2.34. The quantitative estimate of drug-likeness (QED) is 0.862. The normalized spacial score (nSPS) is 16.7. The van der Waals surface area contributed by atoms with Crippen molar-refractivity contribution in [3.05, 3.63) is 28.7 Å². The lowest BCUT2D eigenvalue weighted by Gasteiger charge is -2.25. The molecule has 0 spiro atoms. The largest absolute Gasteiger partial charge is 0.480 e. The van der Waals surface area contributed by atoms with Crippen LogP contribution >= 0.6 is 0 Å². The Morgan fingerprint density at radius 1 is 1.37 bits per heavy atom. The van der Waals surface area contributed by atoms with E-state index >= 15 is 0 Å². The highest BCUT2D eigenvalue weighted by molar-refractivity contribution is 5.70. The number of methoxy groups -OCH3 is 1. The third-order valence-corrected chi connectivity index (χ3v) is 3.49. The second-order valence-electron chi connectivity index (χ2n) is 4.64. The molecule has 100 valence electrons. The van der Waals surface area contributed by atoms with Gasteiger partial charge in [-0.25, -0.2) is 4.98 Å². The summed E-state index contributed by atoms with van der Waals surface area (Å²) in [6.07, 6.45) is 3.43. The smallest absolute Gasteiger partial charge is 0.252 e. The number of nitrogens with zero attached hydrogens (tertiary/aromatic N) is 3. The van der Waals surface area contributed by atoms with E-state index in [2.05, 4.69) is 15.3 Å². The Hall–Kier alpha value is -1.95. The van der Waals surface area contributed by atoms with Gasteiger partial charge in [0.25, 0.3) is 5.56 Å². The SMILES string of the molecule is COc1cnc2ccc(=O)n(C3CCNCC3)c2n1. The van der Waals surface area contributed by atoms with Crippen molar-refractivity contribution in [1.82, 2.24) is 19.9 Å². The van der Waals surface area contributed by atoms with E-state index in [-0.39, 0.29) is 11.6 Å². The summed E-state index contributed by atoms with van der Waals surface area (Å²) in [5.41, 5.74) is 1.31. The van der Waals surface area contributed by atoms with Crippen LogP contribution in [-0.2, 0) is 0 Å². The zero-order chi connectivity index (χ0) is 13.2. The van der Waals surface area contributed by atoms with Gasteiger partial charge in [0, 0.05) is 12.1 Å². The van der Waals surface area contributed by atoms with Crippen LogP contribution in [0.25, 0.3) is 11.2 Å². The Labute approximate surface area is 110 Å². The first kappa shape index (κ1) is 12.1. The number of piperidine rings is 1. The minimum absolute atomic E-state index is 0.0260. The van der Waals surface area contributed by atoms with E-state index < -0.39 is 0 Å². The topological polar surface area (TPSA) is 69.0 Å². The van der Waals surface area contributed by atoms with Crippen molar-refractivity contribution in [1.29, 1.82) is 0 Å². The summed E-state index contributed by atoms with van der Waals surface area (Å²) in [6.45, 7) is 1.84. The van der Waals surface area contributed by atoms with E-state index in [0.29, 0.717) is 11.5 Å². The van der Waals surface area contributed by atoms with Gasteiger partial charge in [-0.2, -0.15) is 4.98 Å². The molecule has 1 N–H and O–H groups in total. The molecule has 0 atom stereocenters. The van der Waals surface area contributed by atoms with Crippen LogP contribution in [0.4, 0.5) is 0 Å². The molecule has 0 bridgehead atoms. The molecule has 0 aromatic carbocycles. The fourth-order valence-corrected chi connectivity index (χ4v) is 2.52. The molecule has 1 fully saturated rings. The summed E-state index contributed by atoms with van der Waals surface area (Å²) < 4.78 is 6.86. The maximum atomic E-state index is 12.2. The summed E-state index contributed by atoms with van der Waals surface area (Å²) in [7, 11) is 1.55. The molecule has 3 heterocycles. The van der Waals surface area contributed by atoms with Gasteiger partial charge in [-0.1, -0.05) is 0 Å². The number of hydrogen-bond donors (Lipinski definition) is 1. The van der Waals surface area contributed by atoms with Crippen molar-refractivity contribution >= 4 is 11.2 Å². The number of hydrogen-bond acceptors (Lipinski definition) is 5. The molecule has 0 amide bonds. The van der Waals surface area contributed by atoms with E-state index in [4.69, 9.17) is 4.74 Å². The molecule has 6 heteroatoms. The lowest BCUT2D eigenvalue weighted by atomic mass is 10.1. The van der Waals surface area contributed by atoms with Crippen LogP contribution < -0.4 is 15.6 Å². The molecule has 0 unspecified atom stereocenters. The number of fused-ring (bicyclic) bond motifs is 1. The molecule has 1 saturated heterocycles. The Balaban J connectivity index is 2.19. The highest BCUT2D eigenvalue weighted by Crippen LogP contribution is 2.21. The van der Waals surface area contributed by atoms with Crippen molar-refractivity contribution in [2.24, 2.45) is 0 Å². The van der Waals surface area contributed by atoms with Gasteiger partial charge in [0.1, 0.15) is 5.52 Å². The Morgan fingerprint density at radius 3 is 2.89 bits per heavy atom. The van der Waals surface area contributed by atoms with Gasteiger partial charge in [-0.05, 0) is 32.0 Å². The third-order valence-electron chi connectivity index (χ3n) is 3.49. The van der Waals surface area contributed by atoms with Crippen LogP contribution in [0.5, 0.6) is 5.88 Å².